The van der Waals surface area contributed by atoms with Crippen LogP contribution in [0.2, 0.25) is 0 Å². The lowest BCUT2D eigenvalue weighted by molar-refractivity contribution is -0.116. The third-order valence-electron chi connectivity index (χ3n) is 4.77. The van der Waals surface area contributed by atoms with Crippen LogP contribution in [0.15, 0.2) is 48.5 Å². The minimum absolute atomic E-state index is 0.0131. The number of carbonyl (C=O) groups is 3. The topological polar surface area (TPSA) is 90.5 Å². The van der Waals surface area contributed by atoms with Crippen molar-refractivity contribution in [1.82, 2.24) is 4.90 Å². The van der Waals surface area contributed by atoms with E-state index >= 15 is 0 Å². The van der Waals surface area contributed by atoms with E-state index in [4.69, 9.17) is 0 Å². The fraction of sp³-hybridized carbons (Fsp3) is 0.400. The molecule has 0 aliphatic heterocycles. The summed E-state index contributed by atoms with van der Waals surface area (Å²) in [6.45, 7) is 7.57. The zero-order chi connectivity index (χ0) is 23.3. The number of nitrogens with one attached hydrogen (secondary N) is 3. The molecule has 0 aliphatic rings. The first kappa shape index (κ1) is 24.9. The Balaban J connectivity index is 1.90. The maximum atomic E-state index is 12.8. The van der Waals surface area contributed by atoms with Gasteiger partial charge in [-0.05, 0) is 61.7 Å². The summed E-state index contributed by atoms with van der Waals surface area (Å²) in [4.78, 5) is 38.6. The molecule has 0 atom stereocenters. The average Bonchev–Trinajstić information content (AvgIpc) is 2.78. The molecule has 0 spiro atoms. The normalized spacial score (nSPS) is 10.3. The molecule has 0 aliphatic carbocycles. The SMILES string of the molecule is CCCC(=O)Nc1ccc(NCC(=O)Nc2cccc(C(=O)N(CCC)CCC)c2)cc1. The molecule has 0 aromatic heterocycles. The maximum absolute atomic E-state index is 12.8. The van der Waals surface area contributed by atoms with Gasteiger partial charge in [-0.2, -0.15) is 0 Å². The minimum atomic E-state index is -0.214. The Hall–Kier alpha value is -3.35. The molecule has 0 unspecified atom stereocenters. The van der Waals surface area contributed by atoms with E-state index < -0.39 is 0 Å². The Morgan fingerprint density at radius 2 is 1.38 bits per heavy atom. The van der Waals surface area contributed by atoms with E-state index in [1.165, 1.54) is 0 Å². The lowest BCUT2D eigenvalue weighted by Crippen LogP contribution is -2.32. The monoisotopic (exact) mass is 438 g/mol. The van der Waals surface area contributed by atoms with Crippen molar-refractivity contribution in [1.29, 1.82) is 0 Å². The Bertz CT molecular complexity index is 890. The van der Waals surface area contributed by atoms with Crippen molar-refractivity contribution in [3.63, 3.8) is 0 Å². The average molecular weight is 439 g/mol. The third-order valence-corrected chi connectivity index (χ3v) is 4.77. The highest BCUT2D eigenvalue weighted by Gasteiger charge is 2.15. The molecule has 2 rings (SSSR count). The summed E-state index contributed by atoms with van der Waals surface area (Å²) in [6.07, 6.45) is 3.09. The highest BCUT2D eigenvalue weighted by Crippen LogP contribution is 2.15. The third kappa shape index (κ3) is 8.06. The van der Waals surface area contributed by atoms with Crippen LogP contribution in [-0.4, -0.2) is 42.3 Å². The molecule has 0 fully saturated rings. The Labute approximate surface area is 190 Å². The first-order valence-corrected chi connectivity index (χ1v) is 11.3. The summed E-state index contributed by atoms with van der Waals surface area (Å²) in [5.74, 6) is -0.247. The van der Waals surface area contributed by atoms with Gasteiger partial charge in [0.15, 0.2) is 0 Å². The summed E-state index contributed by atoms with van der Waals surface area (Å²) in [7, 11) is 0. The number of hydrogen-bond donors (Lipinski definition) is 3. The van der Waals surface area contributed by atoms with E-state index in [9.17, 15) is 14.4 Å². The van der Waals surface area contributed by atoms with Crippen LogP contribution < -0.4 is 16.0 Å². The highest BCUT2D eigenvalue weighted by atomic mass is 16.2. The number of anilines is 3. The van der Waals surface area contributed by atoms with Crippen molar-refractivity contribution in [3.8, 4) is 0 Å². The molecule has 7 heteroatoms. The summed E-state index contributed by atoms with van der Waals surface area (Å²) in [5, 5.41) is 8.72. The molecule has 32 heavy (non-hydrogen) atoms. The summed E-state index contributed by atoms with van der Waals surface area (Å²) in [5.41, 5.74) is 2.65. The van der Waals surface area contributed by atoms with E-state index in [0.29, 0.717) is 30.8 Å². The molecule has 2 aromatic carbocycles. The van der Waals surface area contributed by atoms with Crippen LogP contribution in [0, 0.1) is 0 Å². The van der Waals surface area contributed by atoms with Crippen molar-refractivity contribution < 1.29 is 14.4 Å². The second-order valence-corrected chi connectivity index (χ2v) is 7.65. The molecule has 2 aromatic rings. The highest BCUT2D eigenvalue weighted by molar-refractivity contribution is 5.98. The summed E-state index contributed by atoms with van der Waals surface area (Å²) >= 11 is 0. The molecule has 172 valence electrons. The lowest BCUT2D eigenvalue weighted by atomic mass is 10.1. The number of benzene rings is 2. The van der Waals surface area contributed by atoms with Crippen molar-refractivity contribution in [2.24, 2.45) is 0 Å². The number of amides is 3. The van der Waals surface area contributed by atoms with Crippen molar-refractivity contribution in [2.75, 3.05) is 35.6 Å². The van der Waals surface area contributed by atoms with Gasteiger partial charge < -0.3 is 20.9 Å². The van der Waals surface area contributed by atoms with Gasteiger partial charge in [0.2, 0.25) is 11.8 Å². The van der Waals surface area contributed by atoms with Crippen LogP contribution >= 0.6 is 0 Å². The van der Waals surface area contributed by atoms with Crippen LogP contribution in [0.25, 0.3) is 0 Å². The van der Waals surface area contributed by atoms with Gasteiger partial charge in [0.25, 0.3) is 5.91 Å². The van der Waals surface area contributed by atoms with E-state index in [1.807, 2.05) is 24.0 Å². The second kappa shape index (κ2) is 13.1. The van der Waals surface area contributed by atoms with Crippen LogP contribution in [0.5, 0.6) is 0 Å². The largest absolute Gasteiger partial charge is 0.376 e. The first-order valence-electron chi connectivity index (χ1n) is 11.3. The fourth-order valence-corrected chi connectivity index (χ4v) is 3.28. The molecule has 0 saturated carbocycles. The van der Waals surface area contributed by atoms with E-state index in [-0.39, 0.29) is 24.3 Å². The molecule has 3 N–H and O–H groups in total. The molecule has 0 radical (unpaired) electrons. The first-order chi connectivity index (χ1) is 15.5. The van der Waals surface area contributed by atoms with Gasteiger partial charge in [-0.25, -0.2) is 0 Å². The standard InChI is InChI=1S/C25H34N4O3/c1-4-8-23(30)27-21-13-11-20(12-14-21)26-18-24(31)28-22-10-7-9-19(17-22)25(32)29(15-5-2)16-6-3/h7,9-14,17,26H,4-6,8,15-16,18H2,1-3H3,(H,27,30)(H,28,31). The van der Waals surface area contributed by atoms with Gasteiger partial charge in [0, 0.05) is 42.1 Å². The van der Waals surface area contributed by atoms with E-state index in [1.54, 1.807) is 36.4 Å². The van der Waals surface area contributed by atoms with Crippen LogP contribution in [0.1, 0.15) is 56.8 Å². The van der Waals surface area contributed by atoms with Gasteiger partial charge in [0.1, 0.15) is 0 Å². The van der Waals surface area contributed by atoms with Gasteiger partial charge >= 0.3 is 0 Å². The van der Waals surface area contributed by atoms with Gasteiger partial charge in [0.05, 0.1) is 6.54 Å². The molecule has 7 nitrogen and oxygen atoms in total. The van der Waals surface area contributed by atoms with E-state index in [0.717, 1.165) is 30.6 Å². The fourth-order valence-electron chi connectivity index (χ4n) is 3.28. The molecule has 0 heterocycles. The quantitative estimate of drug-likeness (QED) is 0.446. The van der Waals surface area contributed by atoms with Crippen molar-refractivity contribution >= 4 is 34.8 Å². The minimum Gasteiger partial charge on any atom is -0.376 e. The van der Waals surface area contributed by atoms with Crippen LogP contribution in [0.4, 0.5) is 17.1 Å². The number of carbonyl (C=O) groups excluding carboxylic acids is 3. The zero-order valence-electron chi connectivity index (χ0n) is 19.2. The zero-order valence-corrected chi connectivity index (χ0v) is 19.2. The lowest BCUT2D eigenvalue weighted by Gasteiger charge is -2.21. The maximum Gasteiger partial charge on any atom is 0.253 e. The van der Waals surface area contributed by atoms with Crippen LogP contribution in [-0.2, 0) is 9.59 Å². The predicted octanol–water partition coefficient (Wildman–Crippen LogP) is 4.74. The molecule has 0 saturated heterocycles. The Morgan fingerprint density at radius 1 is 0.750 bits per heavy atom. The number of rotatable bonds is 12. The smallest absolute Gasteiger partial charge is 0.253 e. The predicted molar refractivity (Wildman–Crippen MR) is 130 cm³/mol. The molecule has 0 bridgehead atoms. The summed E-state index contributed by atoms with van der Waals surface area (Å²) < 4.78 is 0. The molecular weight excluding hydrogens is 404 g/mol. The van der Waals surface area contributed by atoms with Crippen LogP contribution in [0.3, 0.4) is 0 Å². The van der Waals surface area contributed by atoms with Crippen molar-refractivity contribution in [2.45, 2.75) is 46.5 Å². The van der Waals surface area contributed by atoms with Gasteiger partial charge in [-0.1, -0.05) is 26.8 Å². The van der Waals surface area contributed by atoms with Gasteiger partial charge in [-0.15, -0.1) is 0 Å². The van der Waals surface area contributed by atoms with Crippen molar-refractivity contribution in [3.05, 3.63) is 54.1 Å². The number of nitrogens with zero attached hydrogens (tertiary/aromatic N) is 1. The van der Waals surface area contributed by atoms with E-state index in [2.05, 4.69) is 29.8 Å². The number of hydrogen-bond acceptors (Lipinski definition) is 4. The Kier molecular flexibility index (Phi) is 10.2. The second-order valence-electron chi connectivity index (χ2n) is 7.65. The molecule has 3 amide bonds. The molecular formula is C25H34N4O3. The Morgan fingerprint density at radius 3 is 2.00 bits per heavy atom. The van der Waals surface area contributed by atoms with Gasteiger partial charge in [-0.3, -0.25) is 14.4 Å². The summed E-state index contributed by atoms with van der Waals surface area (Å²) in [6, 6.07) is 14.2.